The molecule has 2 aromatic rings. The minimum atomic E-state index is -0.424. The fraction of sp³-hybridized carbons (Fsp3) is 0.444. The minimum Gasteiger partial charge on any atom is -0.329 e. The van der Waals surface area contributed by atoms with Crippen molar-refractivity contribution in [3.8, 4) is 0 Å². The Morgan fingerprint density at radius 3 is 2.78 bits per heavy atom. The number of aromatic nitrogens is 1. The second kappa shape index (κ2) is 6.32. The second-order valence-electron chi connectivity index (χ2n) is 6.78. The van der Waals surface area contributed by atoms with Crippen molar-refractivity contribution in [2.24, 2.45) is 5.92 Å². The summed E-state index contributed by atoms with van der Waals surface area (Å²) in [4.78, 5) is 16.9. The number of carbonyl (C=O) groups excluding carboxylic acids is 1. The number of hydrogen-bond donors (Lipinski definition) is 2. The van der Waals surface area contributed by atoms with E-state index in [0.717, 1.165) is 23.4 Å². The first-order valence-electron chi connectivity index (χ1n) is 8.01. The van der Waals surface area contributed by atoms with Gasteiger partial charge in [0.2, 0.25) is 0 Å². The zero-order valence-electron chi connectivity index (χ0n) is 13.8. The first-order valence-corrected chi connectivity index (χ1v) is 8.89. The van der Waals surface area contributed by atoms with Gasteiger partial charge in [0.15, 0.2) is 0 Å². The Balaban J connectivity index is 1.68. The Bertz CT molecular complexity index is 677. The molecule has 1 aromatic carbocycles. The molecule has 2 amide bonds. The standard InChI is InChI=1S/C18H23N3OS/c1-12-5-4-6-14(11-12)18(2,3)21-17(22)20-15(13-7-8-13)16-19-9-10-23-16/h4-6,9-11,13,15H,7-8H2,1-3H3,(H2,20,21,22)/t15-/m1/s1. The van der Waals surface area contributed by atoms with E-state index in [9.17, 15) is 4.79 Å². The van der Waals surface area contributed by atoms with Gasteiger partial charge in [-0.25, -0.2) is 9.78 Å². The summed E-state index contributed by atoms with van der Waals surface area (Å²) < 4.78 is 0. The largest absolute Gasteiger partial charge is 0.329 e. The molecule has 23 heavy (non-hydrogen) atoms. The summed E-state index contributed by atoms with van der Waals surface area (Å²) >= 11 is 1.60. The van der Waals surface area contributed by atoms with Crippen LogP contribution in [0.4, 0.5) is 4.79 Å². The van der Waals surface area contributed by atoms with Gasteiger partial charge in [0.1, 0.15) is 5.01 Å². The topological polar surface area (TPSA) is 54.0 Å². The van der Waals surface area contributed by atoms with Gasteiger partial charge in [-0.3, -0.25) is 0 Å². The molecule has 0 saturated heterocycles. The van der Waals surface area contributed by atoms with E-state index in [4.69, 9.17) is 0 Å². The van der Waals surface area contributed by atoms with Crippen LogP contribution in [0, 0.1) is 12.8 Å². The SMILES string of the molecule is Cc1cccc(C(C)(C)NC(=O)N[C@@H](c2nccs2)C2CC2)c1. The van der Waals surface area contributed by atoms with Crippen molar-refractivity contribution >= 4 is 17.4 Å². The molecule has 0 radical (unpaired) electrons. The van der Waals surface area contributed by atoms with Crippen LogP contribution in [0.5, 0.6) is 0 Å². The lowest BCUT2D eigenvalue weighted by Crippen LogP contribution is -2.47. The number of nitrogens with zero attached hydrogens (tertiary/aromatic N) is 1. The molecule has 5 heteroatoms. The molecule has 1 aromatic heterocycles. The second-order valence-corrected chi connectivity index (χ2v) is 7.70. The van der Waals surface area contributed by atoms with Gasteiger partial charge in [-0.15, -0.1) is 11.3 Å². The normalized spacial score (nSPS) is 16.0. The summed E-state index contributed by atoms with van der Waals surface area (Å²) in [6.45, 7) is 6.11. The van der Waals surface area contributed by atoms with Crippen LogP contribution >= 0.6 is 11.3 Å². The number of rotatable bonds is 5. The zero-order valence-corrected chi connectivity index (χ0v) is 14.6. The highest BCUT2D eigenvalue weighted by molar-refractivity contribution is 7.09. The quantitative estimate of drug-likeness (QED) is 0.866. The van der Waals surface area contributed by atoms with E-state index in [-0.39, 0.29) is 12.1 Å². The smallest absolute Gasteiger partial charge is 0.316 e. The Labute approximate surface area is 141 Å². The van der Waals surface area contributed by atoms with Gasteiger partial charge in [-0.05, 0) is 45.1 Å². The van der Waals surface area contributed by atoms with E-state index in [1.165, 1.54) is 5.56 Å². The summed E-state index contributed by atoms with van der Waals surface area (Å²) in [7, 11) is 0. The molecular weight excluding hydrogens is 306 g/mol. The highest BCUT2D eigenvalue weighted by atomic mass is 32.1. The number of hydrogen-bond acceptors (Lipinski definition) is 3. The average Bonchev–Trinajstić information content (AvgIpc) is 3.18. The fourth-order valence-corrected chi connectivity index (χ4v) is 3.55. The van der Waals surface area contributed by atoms with Gasteiger partial charge < -0.3 is 10.6 Å². The molecule has 0 bridgehead atoms. The number of nitrogens with one attached hydrogen (secondary N) is 2. The average molecular weight is 329 g/mol. The molecule has 122 valence electrons. The van der Waals surface area contributed by atoms with E-state index in [1.807, 2.05) is 31.4 Å². The molecule has 1 aliphatic rings. The van der Waals surface area contributed by atoms with Crippen LogP contribution < -0.4 is 10.6 Å². The molecule has 3 rings (SSSR count). The van der Waals surface area contributed by atoms with Gasteiger partial charge >= 0.3 is 6.03 Å². The molecule has 4 nitrogen and oxygen atoms in total. The third-order valence-corrected chi connectivity index (χ3v) is 5.12. The van der Waals surface area contributed by atoms with E-state index in [1.54, 1.807) is 17.5 Å². The van der Waals surface area contributed by atoms with E-state index in [0.29, 0.717) is 5.92 Å². The van der Waals surface area contributed by atoms with Crippen molar-refractivity contribution in [3.63, 3.8) is 0 Å². The van der Waals surface area contributed by atoms with E-state index < -0.39 is 5.54 Å². The molecule has 1 aliphatic carbocycles. The molecule has 1 heterocycles. The summed E-state index contributed by atoms with van der Waals surface area (Å²) in [5.74, 6) is 0.522. The number of thiazole rings is 1. The Morgan fingerprint density at radius 1 is 1.39 bits per heavy atom. The first-order chi connectivity index (χ1) is 11.0. The van der Waals surface area contributed by atoms with Gasteiger partial charge in [0, 0.05) is 11.6 Å². The minimum absolute atomic E-state index is 0.0308. The third kappa shape index (κ3) is 3.91. The van der Waals surface area contributed by atoms with Crippen LogP contribution in [0.25, 0.3) is 0 Å². The van der Waals surface area contributed by atoms with Gasteiger partial charge in [-0.2, -0.15) is 0 Å². The molecule has 1 fully saturated rings. The lowest BCUT2D eigenvalue weighted by atomic mass is 9.93. The van der Waals surface area contributed by atoms with Gasteiger partial charge in [0.25, 0.3) is 0 Å². The first kappa shape index (κ1) is 16.0. The van der Waals surface area contributed by atoms with E-state index in [2.05, 4.69) is 34.7 Å². The predicted molar refractivity (Wildman–Crippen MR) is 93.5 cm³/mol. The summed E-state index contributed by atoms with van der Waals surface area (Å²) in [6, 6.07) is 8.14. The Kier molecular flexibility index (Phi) is 4.39. The van der Waals surface area contributed by atoms with Crippen LogP contribution in [0.1, 0.15) is 48.9 Å². The Hall–Kier alpha value is -1.88. The van der Waals surface area contributed by atoms with Crippen LogP contribution in [0.2, 0.25) is 0 Å². The van der Waals surface area contributed by atoms with Crippen LogP contribution in [0.15, 0.2) is 35.8 Å². The zero-order chi connectivity index (χ0) is 16.4. The number of amides is 2. The van der Waals surface area contributed by atoms with Gasteiger partial charge in [0.05, 0.1) is 11.6 Å². The fourth-order valence-electron chi connectivity index (χ4n) is 2.77. The third-order valence-electron chi connectivity index (χ3n) is 4.26. The lowest BCUT2D eigenvalue weighted by molar-refractivity contribution is 0.224. The Morgan fingerprint density at radius 2 is 2.17 bits per heavy atom. The monoisotopic (exact) mass is 329 g/mol. The number of aryl methyl sites for hydroxylation is 1. The summed E-state index contributed by atoms with van der Waals surface area (Å²) in [6.07, 6.45) is 4.11. The maximum absolute atomic E-state index is 12.5. The maximum Gasteiger partial charge on any atom is 0.316 e. The lowest BCUT2D eigenvalue weighted by Gasteiger charge is -2.28. The van der Waals surface area contributed by atoms with Crippen molar-refractivity contribution < 1.29 is 4.79 Å². The van der Waals surface area contributed by atoms with E-state index >= 15 is 0 Å². The van der Waals surface area contributed by atoms with Crippen molar-refractivity contribution in [3.05, 3.63) is 52.0 Å². The number of urea groups is 1. The molecule has 1 atom stereocenters. The maximum atomic E-state index is 12.5. The van der Waals surface area contributed by atoms with Crippen molar-refractivity contribution in [2.75, 3.05) is 0 Å². The molecular formula is C18H23N3OS. The van der Waals surface area contributed by atoms with Crippen LogP contribution in [-0.4, -0.2) is 11.0 Å². The number of carbonyl (C=O) groups is 1. The summed E-state index contributed by atoms with van der Waals surface area (Å²) in [5.41, 5.74) is 1.87. The van der Waals surface area contributed by atoms with Crippen LogP contribution in [-0.2, 0) is 5.54 Å². The predicted octanol–water partition coefficient (Wildman–Crippen LogP) is 4.14. The summed E-state index contributed by atoms with van der Waals surface area (Å²) in [5, 5.41) is 9.18. The number of benzene rings is 1. The highest BCUT2D eigenvalue weighted by Crippen LogP contribution is 2.41. The van der Waals surface area contributed by atoms with Gasteiger partial charge in [-0.1, -0.05) is 29.8 Å². The molecule has 1 saturated carbocycles. The molecule has 0 unspecified atom stereocenters. The van der Waals surface area contributed by atoms with Crippen molar-refractivity contribution in [1.29, 1.82) is 0 Å². The van der Waals surface area contributed by atoms with Crippen molar-refractivity contribution in [2.45, 2.75) is 45.2 Å². The van der Waals surface area contributed by atoms with Crippen molar-refractivity contribution in [1.82, 2.24) is 15.6 Å². The molecule has 0 aliphatic heterocycles. The molecule has 0 spiro atoms. The highest BCUT2D eigenvalue weighted by Gasteiger charge is 2.35. The molecule has 2 N–H and O–H groups in total. The van der Waals surface area contributed by atoms with Crippen LogP contribution in [0.3, 0.4) is 0 Å².